The predicted octanol–water partition coefficient (Wildman–Crippen LogP) is 1.85. The maximum atomic E-state index is 10.6. The number of benzene rings is 1. The number of hydrogen-bond donors (Lipinski definition) is 1. The summed E-state index contributed by atoms with van der Waals surface area (Å²) in [5.74, 6) is -0.890. The van der Waals surface area contributed by atoms with Gasteiger partial charge in [-0.3, -0.25) is 4.79 Å². The zero-order chi connectivity index (χ0) is 11.0. The molecule has 15 heavy (non-hydrogen) atoms. The molecule has 0 amide bonds. The van der Waals surface area contributed by atoms with Crippen molar-refractivity contribution in [3.63, 3.8) is 0 Å². The van der Waals surface area contributed by atoms with E-state index < -0.39 is 5.97 Å². The van der Waals surface area contributed by atoms with Gasteiger partial charge in [-0.05, 0) is 17.7 Å². The standard InChI is InChI=1S/C10H9ClN2O2/c1-13-5-12-8-4-7(11)6(2-9(8)13)3-10(14)15/h2,4-5H,3H2,1H3,(H,14,15). The Balaban J connectivity index is 2.59. The number of fused-ring (bicyclic) bond motifs is 1. The zero-order valence-corrected chi connectivity index (χ0v) is 8.82. The van der Waals surface area contributed by atoms with Crippen LogP contribution in [0.3, 0.4) is 0 Å². The molecule has 2 aromatic rings. The van der Waals surface area contributed by atoms with Gasteiger partial charge in [-0.25, -0.2) is 4.98 Å². The van der Waals surface area contributed by atoms with Crippen molar-refractivity contribution in [1.29, 1.82) is 0 Å². The number of aliphatic carboxylic acids is 1. The van der Waals surface area contributed by atoms with E-state index in [0.717, 1.165) is 11.0 Å². The van der Waals surface area contributed by atoms with E-state index in [-0.39, 0.29) is 6.42 Å². The second-order valence-corrected chi connectivity index (χ2v) is 3.77. The Bertz CT molecular complexity index is 533. The van der Waals surface area contributed by atoms with Crippen LogP contribution in [0.1, 0.15) is 5.56 Å². The Morgan fingerprint density at radius 3 is 3.00 bits per heavy atom. The van der Waals surface area contributed by atoms with Crippen molar-refractivity contribution >= 4 is 28.6 Å². The molecule has 1 aromatic heterocycles. The average Bonchev–Trinajstić information content (AvgIpc) is 2.48. The van der Waals surface area contributed by atoms with E-state index in [2.05, 4.69) is 4.98 Å². The first-order valence-electron chi connectivity index (χ1n) is 4.39. The van der Waals surface area contributed by atoms with Crippen molar-refractivity contribution < 1.29 is 9.90 Å². The van der Waals surface area contributed by atoms with Crippen molar-refractivity contribution in [1.82, 2.24) is 9.55 Å². The highest BCUT2D eigenvalue weighted by molar-refractivity contribution is 6.32. The molecule has 0 aliphatic heterocycles. The molecule has 0 aliphatic carbocycles. The second kappa shape index (κ2) is 3.55. The van der Waals surface area contributed by atoms with Gasteiger partial charge in [-0.1, -0.05) is 11.6 Å². The summed E-state index contributed by atoms with van der Waals surface area (Å²) in [6.07, 6.45) is 1.60. The van der Waals surface area contributed by atoms with E-state index in [1.54, 1.807) is 18.5 Å². The number of nitrogens with zero attached hydrogens (tertiary/aromatic N) is 2. The molecule has 1 heterocycles. The molecule has 4 nitrogen and oxygen atoms in total. The molecule has 0 aliphatic rings. The molecule has 78 valence electrons. The summed E-state index contributed by atoms with van der Waals surface area (Å²) in [6.45, 7) is 0. The summed E-state index contributed by atoms with van der Waals surface area (Å²) >= 11 is 5.94. The van der Waals surface area contributed by atoms with Gasteiger partial charge in [-0.15, -0.1) is 0 Å². The minimum Gasteiger partial charge on any atom is -0.481 e. The Labute approximate surface area is 91.1 Å². The Kier molecular flexibility index (Phi) is 2.36. The van der Waals surface area contributed by atoms with Gasteiger partial charge in [0.1, 0.15) is 0 Å². The molecular weight excluding hydrogens is 216 g/mol. The number of rotatable bonds is 2. The molecule has 0 saturated heterocycles. The lowest BCUT2D eigenvalue weighted by Crippen LogP contribution is -2.01. The minimum atomic E-state index is -0.890. The Hall–Kier alpha value is -1.55. The monoisotopic (exact) mass is 224 g/mol. The third kappa shape index (κ3) is 1.80. The van der Waals surface area contributed by atoms with Gasteiger partial charge in [0.2, 0.25) is 0 Å². The molecule has 1 N–H and O–H groups in total. The van der Waals surface area contributed by atoms with Gasteiger partial charge in [-0.2, -0.15) is 0 Å². The number of aromatic nitrogens is 2. The van der Waals surface area contributed by atoms with Gasteiger partial charge < -0.3 is 9.67 Å². The molecule has 0 saturated carbocycles. The number of hydrogen-bond acceptors (Lipinski definition) is 2. The quantitative estimate of drug-likeness (QED) is 0.847. The minimum absolute atomic E-state index is 0.0695. The van der Waals surface area contributed by atoms with Crippen LogP contribution in [0.15, 0.2) is 18.5 Å². The first kappa shape index (κ1) is 9.98. The second-order valence-electron chi connectivity index (χ2n) is 3.36. The Morgan fingerprint density at radius 2 is 2.33 bits per heavy atom. The number of halogens is 1. The first-order chi connectivity index (χ1) is 7.08. The van der Waals surface area contributed by atoms with Crippen molar-refractivity contribution in [3.8, 4) is 0 Å². The summed E-state index contributed by atoms with van der Waals surface area (Å²) in [7, 11) is 1.85. The first-order valence-corrected chi connectivity index (χ1v) is 4.77. The van der Waals surface area contributed by atoms with Crippen molar-refractivity contribution in [2.45, 2.75) is 6.42 Å². The van der Waals surface area contributed by atoms with E-state index in [1.807, 2.05) is 11.6 Å². The van der Waals surface area contributed by atoms with Crippen molar-refractivity contribution in [2.24, 2.45) is 7.05 Å². The summed E-state index contributed by atoms with van der Waals surface area (Å²) in [4.78, 5) is 14.7. The third-order valence-corrected chi connectivity index (χ3v) is 2.59. The molecule has 0 radical (unpaired) electrons. The predicted molar refractivity (Wildman–Crippen MR) is 57.1 cm³/mol. The molecule has 0 unspecified atom stereocenters. The molecule has 0 bridgehead atoms. The van der Waals surface area contributed by atoms with Crippen molar-refractivity contribution in [3.05, 3.63) is 29.0 Å². The zero-order valence-electron chi connectivity index (χ0n) is 8.07. The summed E-state index contributed by atoms with van der Waals surface area (Å²) in [6, 6.07) is 3.45. The lowest BCUT2D eigenvalue weighted by Gasteiger charge is -2.02. The van der Waals surface area contributed by atoms with Crippen LogP contribution in [0.5, 0.6) is 0 Å². The Morgan fingerprint density at radius 1 is 1.60 bits per heavy atom. The SMILES string of the molecule is Cn1cnc2cc(Cl)c(CC(=O)O)cc21. The fraction of sp³-hybridized carbons (Fsp3) is 0.200. The van der Waals surface area contributed by atoms with Crippen LogP contribution in [0.25, 0.3) is 11.0 Å². The lowest BCUT2D eigenvalue weighted by molar-refractivity contribution is -0.136. The van der Waals surface area contributed by atoms with Crippen LogP contribution in [0.4, 0.5) is 0 Å². The topological polar surface area (TPSA) is 55.1 Å². The third-order valence-electron chi connectivity index (χ3n) is 2.24. The van der Waals surface area contributed by atoms with Crippen molar-refractivity contribution in [2.75, 3.05) is 0 Å². The normalized spacial score (nSPS) is 10.8. The molecular formula is C10H9ClN2O2. The van der Waals surface area contributed by atoms with E-state index in [0.29, 0.717) is 10.6 Å². The fourth-order valence-corrected chi connectivity index (χ4v) is 1.71. The summed E-state index contributed by atoms with van der Waals surface area (Å²) < 4.78 is 1.83. The molecule has 5 heteroatoms. The van der Waals surface area contributed by atoms with E-state index >= 15 is 0 Å². The molecule has 2 rings (SSSR count). The highest BCUT2D eigenvalue weighted by Crippen LogP contribution is 2.23. The molecule has 0 spiro atoms. The largest absolute Gasteiger partial charge is 0.481 e. The van der Waals surface area contributed by atoms with Gasteiger partial charge in [0.15, 0.2) is 0 Å². The summed E-state index contributed by atoms with van der Waals surface area (Å²) in [5.41, 5.74) is 2.27. The number of carboxylic acid groups (broad SMARTS) is 1. The maximum absolute atomic E-state index is 10.6. The van der Waals surface area contributed by atoms with E-state index in [4.69, 9.17) is 16.7 Å². The van der Waals surface area contributed by atoms with Gasteiger partial charge in [0.05, 0.1) is 23.8 Å². The molecule has 1 aromatic carbocycles. The highest BCUT2D eigenvalue weighted by Gasteiger charge is 2.09. The highest BCUT2D eigenvalue weighted by atomic mass is 35.5. The fourth-order valence-electron chi connectivity index (χ4n) is 1.49. The van der Waals surface area contributed by atoms with Gasteiger partial charge in [0.25, 0.3) is 0 Å². The average molecular weight is 225 g/mol. The van der Waals surface area contributed by atoms with Crippen LogP contribution in [0.2, 0.25) is 5.02 Å². The van der Waals surface area contributed by atoms with Crippen LogP contribution in [-0.4, -0.2) is 20.6 Å². The molecule has 0 atom stereocenters. The number of carbonyl (C=O) groups is 1. The molecule has 0 fully saturated rings. The number of carboxylic acids is 1. The summed E-state index contributed by atoms with van der Waals surface area (Å²) in [5, 5.41) is 9.15. The van der Waals surface area contributed by atoms with Crippen LogP contribution < -0.4 is 0 Å². The van der Waals surface area contributed by atoms with Crippen LogP contribution in [-0.2, 0) is 18.3 Å². The maximum Gasteiger partial charge on any atom is 0.307 e. The van der Waals surface area contributed by atoms with E-state index in [9.17, 15) is 4.79 Å². The number of aryl methyl sites for hydroxylation is 1. The number of imidazole rings is 1. The lowest BCUT2D eigenvalue weighted by atomic mass is 10.1. The van der Waals surface area contributed by atoms with Gasteiger partial charge >= 0.3 is 5.97 Å². The van der Waals surface area contributed by atoms with Crippen LogP contribution >= 0.6 is 11.6 Å². The van der Waals surface area contributed by atoms with Crippen LogP contribution in [0, 0.1) is 0 Å². The van der Waals surface area contributed by atoms with E-state index in [1.165, 1.54) is 0 Å². The smallest absolute Gasteiger partial charge is 0.307 e. The van der Waals surface area contributed by atoms with Gasteiger partial charge in [0, 0.05) is 12.1 Å².